The van der Waals surface area contributed by atoms with Crippen LogP contribution in [-0.2, 0) is 23.0 Å². The van der Waals surface area contributed by atoms with Crippen molar-refractivity contribution in [3.8, 4) is 0 Å². The van der Waals surface area contributed by atoms with Crippen molar-refractivity contribution in [2.45, 2.75) is 20.0 Å². The van der Waals surface area contributed by atoms with Gasteiger partial charge in [0.2, 0.25) is 0 Å². The van der Waals surface area contributed by atoms with Crippen LogP contribution < -0.4 is 5.32 Å². The van der Waals surface area contributed by atoms with Gasteiger partial charge in [-0.15, -0.1) is 4.36 Å². The predicted octanol–water partition coefficient (Wildman–Crippen LogP) is 2.23. The Balaban J connectivity index is 2.05. The van der Waals surface area contributed by atoms with Crippen LogP contribution >= 0.6 is 0 Å². The molecule has 24 heavy (non-hydrogen) atoms. The number of amides is 1. The van der Waals surface area contributed by atoms with E-state index in [0.717, 1.165) is 17.9 Å². The summed E-state index contributed by atoms with van der Waals surface area (Å²) in [6.07, 6.45) is 3.22. The molecule has 1 aromatic heterocycles. The summed E-state index contributed by atoms with van der Waals surface area (Å²) in [5, 5.41) is 7.51. The van der Waals surface area contributed by atoms with E-state index in [1.807, 2.05) is 29.8 Å². The van der Waals surface area contributed by atoms with Gasteiger partial charge >= 0.3 is 0 Å². The van der Waals surface area contributed by atoms with Gasteiger partial charge < -0.3 is 5.32 Å². The molecule has 2 aromatic rings. The van der Waals surface area contributed by atoms with Crippen molar-refractivity contribution in [1.29, 1.82) is 0 Å². The molecule has 1 amide bonds. The summed E-state index contributed by atoms with van der Waals surface area (Å²) in [5.41, 5.74) is 2.39. The lowest BCUT2D eigenvalue weighted by Gasteiger charge is -2.11. The van der Waals surface area contributed by atoms with Crippen molar-refractivity contribution in [3.05, 3.63) is 47.8 Å². The molecule has 2 rings (SSSR count). The third-order valence-electron chi connectivity index (χ3n) is 3.64. The lowest BCUT2D eigenvalue weighted by Crippen LogP contribution is -2.21. The fourth-order valence-corrected chi connectivity index (χ4v) is 2.58. The van der Waals surface area contributed by atoms with E-state index in [4.69, 9.17) is 0 Å². The molecule has 0 fully saturated rings. The Morgan fingerprint density at radius 1 is 1.29 bits per heavy atom. The molecule has 1 unspecified atom stereocenters. The first-order valence-electron chi connectivity index (χ1n) is 7.62. The summed E-state index contributed by atoms with van der Waals surface area (Å²) >= 11 is 0. The van der Waals surface area contributed by atoms with Gasteiger partial charge in [-0.3, -0.25) is 9.48 Å². The van der Waals surface area contributed by atoms with Crippen LogP contribution in [0.15, 0.2) is 40.9 Å². The van der Waals surface area contributed by atoms with Crippen LogP contribution in [0.1, 0.15) is 23.0 Å². The third-order valence-corrected chi connectivity index (χ3v) is 5.50. The van der Waals surface area contributed by atoms with E-state index in [1.165, 1.54) is 10.6 Å². The SMILES string of the molecule is CCn1nccc1CNc1ccc(C(=O)N=S(C)(=O)N(C)C)cc1. The zero-order valence-electron chi connectivity index (χ0n) is 14.4. The van der Waals surface area contributed by atoms with Crippen LogP contribution in [-0.4, -0.2) is 44.6 Å². The van der Waals surface area contributed by atoms with E-state index in [1.54, 1.807) is 32.4 Å². The molecule has 0 aliphatic carbocycles. The summed E-state index contributed by atoms with van der Waals surface area (Å²) in [6.45, 7) is 3.51. The largest absolute Gasteiger partial charge is 0.379 e. The first-order valence-corrected chi connectivity index (χ1v) is 9.50. The van der Waals surface area contributed by atoms with E-state index >= 15 is 0 Å². The van der Waals surface area contributed by atoms with Crippen molar-refractivity contribution in [2.24, 2.45) is 4.36 Å². The number of rotatable bonds is 6. The van der Waals surface area contributed by atoms with Crippen LogP contribution in [0.4, 0.5) is 5.69 Å². The van der Waals surface area contributed by atoms with Crippen LogP contribution in [0.5, 0.6) is 0 Å². The molecule has 0 radical (unpaired) electrons. The fraction of sp³-hybridized carbons (Fsp3) is 0.375. The molecule has 130 valence electrons. The minimum Gasteiger partial charge on any atom is -0.379 e. The predicted molar refractivity (Wildman–Crippen MR) is 96.2 cm³/mol. The normalized spacial score (nSPS) is 13.5. The first kappa shape index (κ1) is 18.2. The van der Waals surface area contributed by atoms with Crippen molar-refractivity contribution < 1.29 is 9.00 Å². The lowest BCUT2D eigenvalue weighted by atomic mass is 10.2. The second-order valence-corrected chi connectivity index (χ2v) is 7.98. The average molecular weight is 349 g/mol. The molecule has 1 heterocycles. The Bertz CT molecular complexity index is 817. The van der Waals surface area contributed by atoms with Gasteiger partial charge in [-0.05, 0) is 37.3 Å². The monoisotopic (exact) mass is 349 g/mol. The number of aryl methyl sites for hydroxylation is 1. The Hall–Kier alpha value is -2.19. The first-order chi connectivity index (χ1) is 11.3. The van der Waals surface area contributed by atoms with Gasteiger partial charge in [-0.25, -0.2) is 8.51 Å². The van der Waals surface area contributed by atoms with E-state index in [9.17, 15) is 9.00 Å². The van der Waals surface area contributed by atoms with Gasteiger partial charge in [-0.2, -0.15) is 5.10 Å². The Labute approximate surface area is 143 Å². The molecule has 7 nitrogen and oxygen atoms in total. The highest BCUT2D eigenvalue weighted by molar-refractivity contribution is 7.90. The number of nitrogens with one attached hydrogen (secondary N) is 1. The van der Waals surface area contributed by atoms with Crippen molar-refractivity contribution in [2.75, 3.05) is 25.7 Å². The maximum Gasteiger partial charge on any atom is 0.286 e. The number of benzene rings is 1. The van der Waals surface area contributed by atoms with Crippen molar-refractivity contribution in [3.63, 3.8) is 0 Å². The molecule has 0 aliphatic rings. The summed E-state index contributed by atoms with van der Waals surface area (Å²) in [6, 6.07) is 8.93. The zero-order valence-corrected chi connectivity index (χ0v) is 15.2. The second kappa shape index (κ2) is 7.59. The minimum atomic E-state index is -2.67. The van der Waals surface area contributed by atoms with Crippen molar-refractivity contribution >= 4 is 21.5 Å². The Morgan fingerprint density at radius 2 is 1.96 bits per heavy atom. The van der Waals surface area contributed by atoms with E-state index in [2.05, 4.69) is 14.8 Å². The zero-order chi connectivity index (χ0) is 17.7. The highest BCUT2D eigenvalue weighted by Gasteiger charge is 2.10. The molecule has 8 heteroatoms. The average Bonchev–Trinajstić information content (AvgIpc) is 3.00. The molecule has 1 aromatic carbocycles. The van der Waals surface area contributed by atoms with Crippen LogP contribution in [0.3, 0.4) is 0 Å². The summed E-state index contributed by atoms with van der Waals surface area (Å²) in [4.78, 5) is 12.1. The Morgan fingerprint density at radius 3 is 2.54 bits per heavy atom. The minimum absolute atomic E-state index is 0.413. The number of nitrogens with zero attached hydrogens (tertiary/aromatic N) is 4. The smallest absolute Gasteiger partial charge is 0.286 e. The summed E-state index contributed by atoms with van der Waals surface area (Å²) in [5.74, 6) is -0.480. The molecule has 0 saturated heterocycles. The quantitative estimate of drug-likeness (QED) is 0.867. The molecule has 1 N–H and O–H groups in total. The topological polar surface area (TPSA) is 79.6 Å². The number of anilines is 1. The van der Waals surface area contributed by atoms with E-state index in [-0.39, 0.29) is 0 Å². The highest BCUT2D eigenvalue weighted by atomic mass is 32.2. The number of hydrogen-bond donors (Lipinski definition) is 1. The second-order valence-electron chi connectivity index (χ2n) is 5.54. The van der Waals surface area contributed by atoms with Gasteiger partial charge in [0.15, 0.2) is 0 Å². The summed E-state index contributed by atoms with van der Waals surface area (Å²) < 4.78 is 19.3. The van der Waals surface area contributed by atoms with Crippen LogP contribution in [0.2, 0.25) is 0 Å². The molecular weight excluding hydrogens is 326 g/mol. The number of carbonyl (C=O) groups is 1. The fourth-order valence-electron chi connectivity index (χ4n) is 2.01. The van der Waals surface area contributed by atoms with Gasteiger partial charge in [0, 0.05) is 44.3 Å². The molecule has 1 atom stereocenters. The van der Waals surface area contributed by atoms with Crippen LogP contribution in [0, 0.1) is 0 Å². The van der Waals surface area contributed by atoms with E-state index in [0.29, 0.717) is 12.1 Å². The van der Waals surface area contributed by atoms with Gasteiger partial charge in [0.25, 0.3) is 5.91 Å². The van der Waals surface area contributed by atoms with Crippen LogP contribution in [0.25, 0.3) is 0 Å². The molecule has 0 aliphatic heterocycles. The number of carbonyl (C=O) groups excluding carboxylic acids is 1. The molecule has 0 saturated carbocycles. The standard InChI is InChI=1S/C16H23N5O2S/c1-5-21-15(10-11-18-21)12-17-14-8-6-13(7-9-14)16(22)19-24(4,23)20(2)3/h6-11,17H,5,12H2,1-4H3. The number of hydrogen-bond acceptors (Lipinski definition) is 4. The van der Waals surface area contributed by atoms with E-state index < -0.39 is 15.8 Å². The lowest BCUT2D eigenvalue weighted by molar-refractivity contribution is 0.100. The third kappa shape index (κ3) is 4.42. The molecular formula is C16H23N5O2S. The maximum atomic E-state index is 12.1. The number of aromatic nitrogens is 2. The Kier molecular flexibility index (Phi) is 5.74. The van der Waals surface area contributed by atoms with Gasteiger partial charge in [-0.1, -0.05) is 0 Å². The molecule has 0 spiro atoms. The highest BCUT2D eigenvalue weighted by Crippen LogP contribution is 2.13. The van der Waals surface area contributed by atoms with Gasteiger partial charge in [0.1, 0.15) is 9.92 Å². The summed E-state index contributed by atoms with van der Waals surface area (Å²) in [7, 11) is 0.594. The van der Waals surface area contributed by atoms with Gasteiger partial charge in [0.05, 0.1) is 12.2 Å². The van der Waals surface area contributed by atoms with Crippen molar-refractivity contribution in [1.82, 2.24) is 14.1 Å². The molecule has 0 bridgehead atoms. The maximum absolute atomic E-state index is 12.1.